The Balaban J connectivity index is 1.39. The highest BCUT2D eigenvalue weighted by molar-refractivity contribution is 6.61. The molecule has 0 unspecified atom stereocenters. The summed E-state index contributed by atoms with van der Waals surface area (Å²) in [5, 5.41) is 0. The third kappa shape index (κ3) is 3.15. The van der Waals surface area contributed by atoms with E-state index in [0.29, 0.717) is 18.2 Å². The van der Waals surface area contributed by atoms with Gasteiger partial charge in [0.25, 0.3) is 6.85 Å². The summed E-state index contributed by atoms with van der Waals surface area (Å²) in [4.78, 5) is 30.7. The molecular weight excluding hydrogens is 371 g/mol. The van der Waals surface area contributed by atoms with Crippen molar-refractivity contribution < 1.29 is 9.59 Å². The van der Waals surface area contributed by atoms with E-state index >= 15 is 0 Å². The number of rotatable bonds is 6. The van der Waals surface area contributed by atoms with Crippen molar-refractivity contribution in [1.29, 1.82) is 0 Å². The molecule has 0 N–H and O–H groups in total. The first-order chi connectivity index (χ1) is 14.6. The number of urea groups is 1. The highest BCUT2D eigenvalue weighted by Gasteiger charge is 2.64. The van der Waals surface area contributed by atoms with Crippen molar-refractivity contribution in [3.63, 3.8) is 0 Å². The number of carbonyl (C=O) groups excluding carboxylic acids is 2. The van der Waals surface area contributed by atoms with Gasteiger partial charge in [-0.05, 0) is 49.4 Å². The highest BCUT2D eigenvalue weighted by Crippen LogP contribution is 2.53. The predicted octanol–water partition coefficient (Wildman–Crippen LogP) is 4.77. The first-order valence-electron chi connectivity index (χ1n) is 11.3. The molecule has 2 aromatic carbocycles. The second-order valence-corrected chi connectivity index (χ2v) is 9.45. The van der Waals surface area contributed by atoms with Crippen molar-refractivity contribution in [2.24, 2.45) is 5.92 Å². The van der Waals surface area contributed by atoms with Gasteiger partial charge in [-0.25, -0.2) is 4.79 Å². The van der Waals surface area contributed by atoms with Gasteiger partial charge in [-0.2, -0.15) is 0 Å². The van der Waals surface area contributed by atoms with Crippen molar-refractivity contribution in [3.05, 3.63) is 71.8 Å². The molecule has 0 aromatic heterocycles. The van der Waals surface area contributed by atoms with Gasteiger partial charge in [-0.1, -0.05) is 79.5 Å². The Morgan fingerprint density at radius 1 is 0.967 bits per heavy atom. The number of carbonyl (C=O) groups is 2. The number of hydrogen-bond donors (Lipinski definition) is 0. The van der Waals surface area contributed by atoms with Gasteiger partial charge in [-0.15, -0.1) is 0 Å². The molecule has 0 bridgehead atoms. The quantitative estimate of drug-likeness (QED) is 0.518. The summed E-state index contributed by atoms with van der Waals surface area (Å²) in [5.74, 6) is 0.942. The minimum absolute atomic E-state index is 0.0300. The Morgan fingerprint density at radius 2 is 1.60 bits per heavy atom. The van der Waals surface area contributed by atoms with E-state index < -0.39 is 5.54 Å². The number of imide groups is 1. The summed E-state index contributed by atoms with van der Waals surface area (Å²) in [6, 6.07) is 20.5. The van der Waals surface area contributed by atoms with Crippen LogP contribution in [-0.4, -0.2) is 40.6 Å². The van der Waals surface area contributed by atoms with Crippen molar-refractivity contribution in [2.75, 3.05) is 6.54 Å². The molecule has 2 aliphatic carbocycles. The molecular formula is C25H29BN2O2. The van der Waals surface area contributed by atoms with Gasteiger partial charge >= 0.3 is 6.03 Å². The van der Waals surface area contributed by atoms with Crippen molar-refractivity contribution in [2.45, 2.75) is 56.7 Å². The average molecular weight is 400 g/mol. The van der Waals surface area contributed by atoms with Crippen LogP contribution in [0.4, 0.5) is 4.79 Å². The smallest absolute Gasteiger partial charge is 0.310 e. The van der Waals surface area contributed by atoms with Crippen LogP contribution in [-0.2, 0) is 11.1 Å². The lowest BCUT2D eigenvalue weighted by molar-refractivity contribution is -0.136. The molecule has 1 spiro atoms. The summed E-state index contributed by atoms with van der Waals surface area (Å²) in [5.41, 5.74) is 1.81. The lowest BCUT2D eigenvalue weighted by atomic mass is 9.57. The van der Waals surface area contributed by atoms with Crippen LogP contribution in [0.25, 0.3) is 0 Å². The maximum atomic E-state index is 13.7. The molecule has 1 saturated heterocycles. The van der Waals surface area contributed by atoms with E-state index in [-0.39, 0.29) is 18.8 Å². The molecule has 0 atom stereocenters. The van der Waals surface area contributed by atoms with E-state index in [4.69, 9.17) is 0 Å². The molecule has 4 nitrogen and oxygen atoms in total. The zero-order valence-corrected chi connectivity index (χ0v) is 17.7. The predicted molar refractivity (Wildman–Crippen MR) is 119 cm³/mol. The summed E-state index contributed by atoms with van der Waals surface area (Å²) in [6.45, 7) is 2.61. The summed E-state index contributed by atoms with van der Waals surface area (Å²) < 4.78 is 0. The Morgan fingerprint density at radius 3 is 2.20 bits per heavy atom. The molecule has 2 saturated carbocycles. The van der Waals surface area contributed by atoms with E-state index in [9.17, 15) is 9.59 Å². The SMILES string of the molecule is CB(Cc1ccccc1)N1C(=O)N(CC2CCC2)C2(CC(c3ccccc3)C2)C1=O. The lowest BCUT2D eigenvalue weighted by Gasteiger charge is -2.49. The second-order valence-electron chi connectivity index (χ2n) is 9.45. The van der Waals surface area contributed by atoms with E-state index in [0.717, 1.165) is 24.9 Å². The van der Waals surface area contributed by atoms with Crippen LogP contribution < -0.4 is 0 Å². The van der Waals surface area contributed by atoms with Crippen LogP contribution in [0.3, 0.4) is 0 Å². The molecule has 154 valence electrons. The summed E-state index contributed by atoms with van der Waals surface area (Å²) >= 11 is 0. The topological polar surface area (TPSA) is 40.6 Å². The van der Waals surface area contributed by atoms with Crippen molar-refractivity contribution >= 4 is 18.8 Å². The van der Waals surface area contributed by atoms with Crippen LogP contribution >= 0.6 is 0 Å². The van der Waals surface area contributed by atoms with Gasteiger partial charge in [0.15, 0.2) is 0 Å². The molecule has 3 amide bonds. The fraction of sp³-hybridized carbons (Fsp3) is 0.440. The van der Waals surface area contributed by atoms with Gasteiger partial charge < -0.3 is 9.71 Å². The van der Waals surface area contributed by atoms with Crippen LogP contribution in [0.5, 0.6) is 0 Å². The zero-order chi connectivity index (χ0) is 20.7. The van der Waals surface area contributed by atoms with E-state index in [2.05, 4.69) is 36.4 Å². The molecule has 2 aromatic rings. The molecule has 1 aliphatic heterocycles. The number of hydrogen-bond acceptors (Lipinski definition) is 2. The van der Waals surface area contributed by atoms with Crippen LogP contribution in [0, 0.1) is 5.92 Å². The van der Waals surface area contributed by atoms with Crippen molar-refractivity contribution in [1.82, 2.24) is 9.71 Å². The average Bonchev–Trinajstić information content (AvgIpc) is 2.91. The van der Waals surface area contributed by atoms with E-state index in [1.165, 1.54) is 24.8 Å². The molecule has 1 heterocycles. The van der Waals surface area contributed by atoms with Gasteiger partial charge in [-0.3, -0.25) is 4.79 Å². The van der Waals surface area contributed by atoms with Gasteiger partial charge in [0, 0.05) is 6.54 Å². The fourth-order valence-electron chi connectivity index (χ4n) is 5.47. The third-order valence-corrected chi connectivity index (χ3v) is 7.49. The van der Waals surface area contributed by atoms with Crippen molar-refractivity contribution in [3.8, 4) is 0 Å². The fourth-order valence-corrected chi connectivity index (χ4v) is 5.47. The lowest BCUT2D eigenvalue weighted by Crippen LogP contribution is -2.59. The number of amides is 3. The molecule has 3 fully saturated rings. The van der Waals surface area contributed by atoms with Crippen LogP contribution in [0.2, 0.25) is 6.82 Å². The second kappa shape index (κ2) is 7.61. The molecule has 30 heavy (non-hydrogen) atoms. The number of nitrogens with zero attached hydrogens (tertiary/aromatic N) is 2. The monoisotopic (exact) mass is 400 g/mol. The summed E-state index contributed by atoms with van der Waals surface area (Å²) in [6.07, 6.45) is 5.80. The molecule has 3 aliphatic rings. The number of benzene rings is 2. The normalized spacial score (nSPS) is 26.1. The maximum absolute atomic E-state index is 13.7. The molecule has 5 heteroatoms. The van der Waals surface area contributed by atoms with Gasteiger partial charge in [0.05, 0.1) is 0 Å². The largest absolute Gasteiger partial charge is 0.315 e. The Kier molecular flexibility index (Phi) is 4.92. The maximum Gasteiger partial charge on any atom is 0.315 e. The van der Waals surface area contributed by atoms with E-state index in [1.807, 2.05) is 36.0 Å². The minimum Gasteiger partial charge on any atom is -0.310 e. The minimum atomic E-state index is -0.627. The molecule has 0 radical (unpaired) electrons. The van der Waals surface area contributed by atoms with Gasteiger partial charge in [0.2, 0.25) is 5.91 Å². The third-order valence-electron chi connectivity index (χ3n) is 7.49. The standard InChI is InChI=1S/C25H29BN2O2/c1-26(17-19-9-4-2-5-10-19)28-23(29)25(27(24(28)30)18-20-11-8-12-20)15-22(16-25)21-13-6-3-7-14-21/h2-7,9-10,13-14,20,22H,8,11-12,15-18H2,1H3. The zero-order valence-electron chi connectivity index (χ0n) is 17.7. The van der Waals surface area contributed by atoms with E-state index in [1.54, 1.807) is 4.81 Å². The first-order valence-corrected chi connectivity index (χ1v) is 11.3. The Hall–Kier alpha value is -2.56. The first kappa shape index (κ1) is 19.4. The van der Waals surface area contributed by atoms with Crippen LogP contribution in [0.15, 0.2) is 60.7 Å². The Labute approximate surface area is 179 Å². The summed E-state index contributed by atoms with van der Waals surface area (Å²) in [7, 11) is 0. The van der Waals surface area contributed by atoms with Gasteiger partial charge in [0.1, 0.15) is 5.54 Å². The Bertz CT molecular complexity index is 923. The highest BCUT2D eigenvalue weighted by atomic mass is 16.2. The molecule has 5 rings (SSSR count). The van der Waals surface area contributed by atoms with Crippen LogP contribution in [0.1, 0.15) is 49.1 Å².